The Morgan fingerprint density at radius 1 is 0.786 bits per heavy atom. The lowest BCUT2D eigenvalue weighted by Crippen LogP contribution is -2.46. The van der Waals surface area contributed by atoms with Crippen molar-refractivity contribution in [3.63, 3.8) is 0 Å². The van der Waals surface area contributed by atoms with Gasteiger partial charge in [-0.1, -0.05) is 30.3 Å². The number of hydrogen-bond donors (Lipinski definition) is 0. The molecule has 0 fully saturated rings. The van der Waals surface area contributed by atoms with Crippen molar-refractivity contribution in [2.45, 2.75) is 33.2 Å². The molecule has 2 aromatic rings. The monoisotopic (exact) mass is 402 g/mol. The van der Waals surface area contributed by atoms with Gasteiger partial charge in [0.25, 0.3) is 0 Å². The Bertz CT molecular complexity index is 686. The molecule has 0 unspecified atom stereocenters. The Balaban J connectivity index is 1.86. The Kier molecular flexibility index (Phi) is 9.37. The smallest absolute Gasteiger partial charge is 0.494 e. The highest BCUT2D eigenvalue weighted by Gasteiger charge is 2.39. The number of hydrogen-bond acceptors (Lipinski definition) is 5. The van der Waals surface area contributed by atoms with E-state index in [1.807, 2.05) is 63.2 Å². The molecule has 0 amide bonds. The third kappa shape index (κ3) is 6.56. The van der Waals surface area contributed by atoms with Crippen LogP contribution in [0.3, 0.4) is 0 Å². The first-order chi connectivity index (χ1) is 13.6. The summed E-state index contributed by atoms with van der Waals surface area (Å²) in [6.07, 6.45) is 0.775. The average molecular weight is 403 g/mol. The van der Waals surface area contributed by atoms with Crippen LogP contribution in [0.25, 0.3) is 0 Å². The summed E-state index contributed by atoms with van der Waals surface area (Å²) < 4.78 is 23.4. The standard InChI is InChI=1S/C22H30O5Si/c1-4-25-28(26-5-2,27-6-3)18-10-17-24-21-15-13-20(14-16-21)22(23)19-11-8-7-9-12-19/h7-9,11-16H,4-6,10,17-18H2,1-3H3. The topological polar surface area (TPSA) is 54.0 Å². The number of carbonyl (C=O) groups excluding carboxylic acids is 1. The lowest BCUT2D eigenvalue weighted by atomic mass is 10.0. The van der Waals surface area contributed by atoms with Crippen LogP contribution in [0.15, 0.2) is 54.6 Å². The largest absolute Gasteiger partial charge is 0.501 e. The molecule has 2 aromatic carbocycles. The molecule has 0 saturated carbocycles. The second kappa shape index (κ2) is 11.8. The van der Waals surface area contributed by atoms with Crippen LogP contribution >= 0.6 is 0 Å². The first-order valence-electron chi connectivity index (χ1n) is 9.88. The van der Waals surface area contributed by atoms with Gasteiger partial charge < -0.3 is 18.0 Å². The van der Waals surface area contributed by atoms with Gasteiger partial charge >= 0.3 is 8.80 Å². The lowest BCUT2D eigenvalue weighted by molar-refractivity contribution is 0.0696. The summed E-state index contributed by atoms with van der Waals surface area (Å²) in [5.41, 5.74) is 1.33. The quantitative estimate of drug-likeness (QED) is 0.275. The van der Waals surface area contributed by atoms with Gasteiger partial charge in [0, 0.05) is 37.0 Å². The minimum atomic E-state index is -2.62. The van der Waals surface area contributed by atoms with E-state index in [9.17, 15) is 4.79 Å². The van der Waals surface area contributed by atoms with Crippen LogP contribution in [-0.4, -0.2) is 41.0 Å². The van der Waals surface area contributed by atoms with Crippen LogP contribution in [0, 0.1) is 0 Å². The highest BCUT2D eigenvalue weighted by Crippen LogP contribution is 2.20. The third-order valence-electron chi connectivity index (χ3n) is 4.14. The fourth-order valence-corrected chi connectivity index (χ4v) is 5.52. The molecule has 152 valence electrons. The van der Waals surface area contributed by atoms with E-state index in [-0.39, 0.29) is 5.78 Å². The maximum atomic E-state index is 12.4. The highest BCUT2D eigenvalue weighted by molar-refractivity contribution is 6.60. The molecule has 28 heavy (non-hydrogen) atoms. The molecule has 0 atom stereocenters. The summed E-state index contributed by atoms with van der Waals surface area (Å²) >= 11 is 0. The molecule has 0 aliphatic carbocycles. The van der Waals surface area contributed by atoms with Crippen LogP contribution in [0.2, 0.25) is 6.04 Å². The van der Waals surface area contributed by atoms with Gasteiger partial charge in [0.05, 0.1) is 6.61 Å². The van der Waals surface area contributed by atoms with Crippen molar-refractivity contribution >= 4 is 14.6 Å². The Labute approximate surface area is 169 Å². The predicted molar refractivity (Wildman–Crippen MR) is 112 cm³/mol. The summed E-state index contributed by atoms with van der Waals surface area (Å²) in [5, 5.41) is 0. The molecule has 0 saturated heterocycles. The molecule has 6 heteroatoms. The fraction of sp³-hybridized carbons (Fsp3) is 0.409. The van der Waals surface area contributed by atoms with Crippen molar-refractivity contribution in [3.05, 3.63) is 65.7 Å². The molecular formula is C22H30O5Si. The second-order valence-electron chi connectivity index (χ2n) is 6.15. The normalized spacial score (nSPS) is 11.4. The number of carbonyl (C=O) groups is 1. The minimum absolute atomic E-state index is 0.00748. The van der Waals surface area contributed by atoms with Crippen LogP contribution in [0.5, 0.6) is 5.75 Å². The van der Waals surface area contributed by atoms with Crippen molar-refractivity contribution in [1.29, 1.82) is 0 Å². The van der Waals surface area contributed by atoms with E-state index in [1.54, 1.807) is 12.1 Å². The second-order valence-corrected chi connectivity index (χ2v) is 8.89. The van der Waals surface area contributed by atoms with Crippen molar-refractivity contribution in [3.8, 4) is 5.75 Å². The van der Waals surface area contributed by atoms with Crippen LogP contribution < -0.4 is 4.74 Å². The lowest BCUT2D eigenvalue weighted by Gasteiger charge is -2.28. The van der Waals surface area contributed by atoms with E-state index >= 15 is 0 Å². The van der Waals surface area contributed by atoms with Crippen LogP contribution in [0.4, 0.5) is 0 Å². The predicted octanol–water partition coefficient (Wildman–Crippen LogP) is 4.73. The van der Waals surface area contributed by atoms with E-state index in [0.717, 1.165) is 12.2 Å². The van der Waals surface area contributed by atoms with Gasteiger partial charge in [-0.05, 0) is 51.5 Å². The van der Waals surface area contributed by atoms with Crippen molar-refractivity contribution in [2.75, 3.05) is 26.4 Å². The van der Waals surface area contributed by atoms with E-state index in [4.69, 9.17) is 18.0 Å². The first-order valence-corrected chi connectivity index (χ1v) is 11.8. The zero-order valence-corrected chi connectivity index (χ0v) is 18.0. The molecule has 0 spiro atoms. The molecule has 0 radical (unpaired) electrons. The van der Waals surface area contributed by atoms with Gasteiger partial charge in [-0.25, -0.2) is 0 Å². The maximum Gasteiger partial charge on any atom is 0.501 e. The summed E-state index contributed by atoms with van der Waals surface area (Å²) in [6.45, 7) is 8.11. The number of ether oxygens (including phenoxy) is 1. The molecule has 2 rings (SSSR count). The Morgan fingerprint density at radius 3 is 1.86 bits per heavy atom. The summed E-state index contributed by atoms with van der Waals surface area (Å²) in [6, 6.07) is 17.2. The number of rotatable bonds is 13. The SMILES string of the molecule is CCO[Si](CCCOc1ccc(C(=O)c2ccccc2)cc1)(OCC)OCC. The van der Waals surface area contributed by atoms with Crippen LogP contribution in [-0.2, 0) is 13.3 Å². The van der Waals surface area contributed by atoms with Gasteiger partial charge in [-0.2, -0.15) is 0 Å². The molecule has 5 nitrogen and oxygen atoms in total. The van der Waals surface area contributed by atoms with Crippen molar-refractivity contribution < 1.29 is 22.8 Å². The number of ketones is 1. The molecule has 0 bridgehead atoms. The van der Waals surface area contributed by atoms with Gasteiger partial charge in [-0.15, -0.1) is 0 Å². The van der Waals surface area contributed by atoms with Gasteiger partial charge in [-0.3, -0.25) is 4.79 Å². The Hall–Kier alpha value is -1.99. The van der Waals surface area contributed by atoms with E-state index in [0.29, 0.717) is 43.6 Å². The third-order valence-corrected chi connectivity index (χ3v) is 7.29. The molecule has 0 heterocycles. The van der Waals surface area contributed by atoms with Gasteiger partial charge in [0.2, 0.25) is 0 Å². The van der Waals surface area contributed by atoms with Gasteiger partial charge in [0.15, 0.2) is 5.78 Å². The minimum Gasteiger partial charge on any atom is -0.494 e. The maximum absolute atomic E-state index is 12.4. The molecule has 0 aromatic heterocycles. The van der Waals surface area contributed by atoms with E-state index in [2.05, 4.69) is 0 Å². The Morgan fingerprint density at radius 2 is 1.32 bits per heavy atom. The first kappa shape index (κ1) is 22.3. The van der Waals surface area contributed by atoms with Crippen molar-refractivity contribution in [2.24, 2.45) is 0 Å². The average Bonchev–Trinajstić information content (AvgIpc) is 2.72. The zero-order valence-electron chi connectivity index (χ0n) is 17.0. The number of benzene rings is 2. The fourth-order valence-electron chi connectivity index (χ4n) is 2.94. The summed E-state index contributed by atoms with van der Waals surface area (Å²) in [7, 11) is -2.62. The molecule has 0 aliphatic rings. The van der Waals surface area contributed by atoms with Crippen molar-refractivity contribution in [1.82, 2.24) is 0 Å². The molecular weight excluding hydrogens is 372 g/mol. The zero-order chi connectivity index (χ0) is 20.2. The van der Waals surface area contributed by atoms with Crippen LogP contribution in [0.1, 0.15) is 43.1 Å². The summed E-state index contributed by atoms with van der Waals surface area (Å²) in [5.74, 6) is 0.745. The van der Waals surface area contributed by atoms with E-state index < -0.39 is 8.80 Å². The molecule has 0 aliphatic heterocycles. The van der Waals surface area contributed by atoms with Gasteiger partial charge in [0.1, 0.15) is 5.75 Å². The van der Waals surface area contributed by atoms with E-state index in [1.165, 1.54) is 0 Å². The molecule has 0 N–H and O–H groups in total. The highest BCUT2D eigenvalue weighted by atomic mass is 28.4. The summed E-state index contributed by atoms with van der Waals surface area (Å²) in [4.78, 5) is 12.4.